The highest BCUT2D eigenvalue weighted by atomic mass is 35.5. The normalized spacial score (nSPS) is 13.0. The number of carbonyl (C=O) groups excluding carboxylic acids is 2. The van der Waals surface area contributed by atoms with Crippen molar-refractivity contribution in [1.29, 1.82) is 0 Å². The standard InChI is InChI=1S/C20H12Cl2F2N4O2S/c21-11-5-9(19(25)29)6-12(22)18(11)28-15-2-4-17(27-14(15)8-26-20(28)30)31-16-3-1-10(23)7-13(16)24/h1-7H,8H2,(H2,25,29)(H,26,30). The molecular formula is C20H12Cl2F2N4O2S. The van der Waals surface area contributed by atoms with Crippen LogP contribution in [0, 0.1) is 11.6 Å². The Hall–Kier alpha value is -2.88. The molecule has 1 aromatic heterocycles. The molecule has 2 aromatic carbocycles. The number of hydrogen-bond donors (Lipinski definition) is 2. The van der Waals surface area contributed by atoms with Gasteiger partial charge in [-0.3, -0.25) is 9.69 Å². The summed E-state index contributed by atoms with van der Waals surface area (Å²) in [6.07, 6.45) is 0. The predicted octanol–water partition coefficient (Wildman–Crippen LogP) is 5.28. The summed E-state index contributed by atoms with van der Waals surface area (Å²) >= 11 is 13.6. The Bertz CT molecular complexity index is 1220. The van der Waals surface area contributed by atoms with Gasteiger partial charge in [-0.25, -0.2) is 18.6 Å². The maximum absolute atomic E-state index is 14.0. The molecule has 3 aromatic rings. The van der Waals surface area contributed by atoms with E-state index in [1.54, 1.807) is 12.1 Å². The molecule has 0 fully saturated rings. The highest BCUT2D eigenvalue weighted by Gasteiger charge is 2.30. The van der Waals surface area contributed by atoms with E-state index in [0.717, 1.165) is 23.9 Å². The average molecular weight is 481 g/mol. The minimum absolute atomic E-state index is 0.0520. The number of aromatic nitrogens is 1. The molecular weight excluding hydrogens is 469 g/mol. The molecule has 2 heterocycles. The third kappa shape index (κ3) is 4.16. The van der Waals surface area contributed by atoms with Gasteiger partial charge in [0.15, 0.2) is 0 Å². The number of fused-ring (bicyclic) bond motifs is 1. The SMILES string of the molecule is NC(=O)c1cc(Cl)c(N2C(=O)NCc3nc(Sc4ccc(F)cc4F)ccc32)c(Cl)c1. The molecule has 0 unspecified atom stereocenters. The van der Waals surface area contributed by atoms with Crippen molar-refractivity contribution < 1.29 is 18.4 Å². The van der Waals surface area contributed by atoms with E-state index in [0.29, 0.717) is 16.4 Å². The van der Waals surface area contributed by atoms with E-state index in [9.17, 15) is 18.4 Å². The smallest absolute Gasteiger partial charge is 0.326 e. The van der Waals surface area contributed by atoms with Crippen molar-refractivity contribution in [3.05, 3.63) is 75.4 Å². The van der Waals surface area contributed by atoms with Gasteiger partial charge in [0.2, 0.25) is 5.91 Å². The van der Waals surface area contributed by atoms with Crippen LogP contribution in [-0.2, 0) is 6.54 Å². The van der Waals surface area contributed by atoms with Crippen molar-refractivity contribution in [2.24, 2.45) is 5.73 Å². The van der Waals surface area contributed by atoms with Crippen LogP contribution < -0.4 is 16.0 Å². The molecule has 0 bridgehead atoms. The lowest BCUT2D eigenvalue weighted by Gasteiger charge is -2.31. The summed E-state index contributed by atoms with van der Waals surface area (Å²) in [6, 6.07) is 8.65. The van der Waals surface area contributed by atoms with Gasteiger partial charge in [-0.1, -0.05) is 35.0 Å². The number of anilines is 2. The Morgan fingerprint density at radius 2 is 1.84 bits per heavy atom. The number of amides is 3. The van der Waals surface area contributed by atoms with Gasteiger partial charge in [0.25, 0.3) is 0 Å². The Morgan fingerprint density at radius 1 is 1.13 bits per heavy atom. The zero-order valence-electron chi connectivity index (χ0n) is 15.5. The van der Waals surface area contributed by atoms with Crippen molar-refractivity contribution >= 4 is 58.3 Å². The first kappa shape index (κ1) is 21.4. The summed E-state index contributed by atoms with van der Waals surface area (Å²) in [5, 5.41) is 3.22. The van der Waals surface area contributed by atoms with E-state index < -0.39 is 23.6 Å². The molecule has 0 aliphatic carbocycles. The number of hydrogen-bond acceptors (Lipinski definition) is 4. The molecule has 0 saturated carbocycles. The molecule has 11 heteroatoms. The minimum Gasteiger partial charge on any atom is -0.366 e. The van der Waals surface area contributed by atoms with Crippen molar-refractivity contribution in [2.75, 3.05) is 4.90 Å². The van der Waals surface area contributed by atoms with Crippen molar-refractivity contribution in [2.45, 2.75) is 16.5 Å². The number of nitrogens with one attached hydrogen (secondary N) is 1. The monoisotopic (exact) mass is 480 g/mol. The molecule has 1 aliphatic heterocycles. The van der Waals surface area contributed by atoms with Crippen LogP contribution in [0.1, 0.15) is 16.1 Å². The van der Waals surface area contributed by atoms with Crippen LogP contribution in [0.15, 0.2) is 52.4 Å². The molecule has 4 rings (SSSR count). The number of nitrogens with zero attached hydrogens (tertiary/aromatic N) is 2. The van der Waals surface area contributed by atoms with Gasteiger partial charge >= 0.3 is 6.03 Å². The number of rotatable bonds is 4. The van der Waals surface area contributed by atoms with Gasteiger partial charge in [0.05, 0.1) is 33.7 Å². The molecule has 3 amide bonds. The molecule has 31 heavy (non-hydrogen) atoms. The maximum atomic E-state index is 14.0. The third-order valence-corrected chi connectivity index (χ3v) is 5.97. The van der Waals surface area contributed by atoms with Crippen LogP contribution in [0.4, 0.5) is 25.0 Å². The van der Waals surface area contributed by atoms with Crippen LogP contribution in [-0.4, -0.2) is 16.9 Å². The molecule has 0 spiro atoms. The highest BCUT2D eigenvalue weighted by Crippen LogP contribution is 2.42. The molecule has 0 radical (unpaired) electrons. The van der Waals surface area contributed by atoms with Crippen LogP contribution in [0.5, 0.6) is 0 Å². The minimum atomic E-state index is -0.713. The van der Waals surface area contributed by atoms with Gasteiger partial charge < -0.3 is 11.1 Å². The van der Waals surface area contributed by atoms with Gasteiger partial charge in [-0.2, -0.15) is 0 Å². The lowest BCUT2D eigenvalue weighted by Crippen LogP contribution is -2.42. The highest BCUT2D eigenvalue weighted by molar-refractivity contribution is 7.99. The van der Waals surface area contributed by atoms with Crippen LogP contribution in [0.2, 0.25) is 10.0 Å². The first-order valence-electron chi connectivity index (χ1n) is 8.74. The Balaban J connectivity index is 1.73. The van der Waals surface area contributed by atoms with Gasteiger partial charge in [0.1, 0.15) is 16.7 Å². The maximum Gasteiger partial charge on any atom is 0.326 e. The summed E-state index contributed by atoms with van der Waals surface area (Å²) in [5.41, 5.74) is 6.44. The summed E-state index contributed by atoms with van der Waals surface area (Å²) in [5.74, 6) is -2.09. The fraction of sp³-hybridized carbons (Fsp3) is 0.0500. The second-order valence-electron chi connectivity index (χ2n) is 6.44. The zero-order chi connectivity index (χ0) is 22.3. The number of carbonyl (C=O) groups is 2. The Morgan fingerprint density at radius 3 is 2.48 bits per heavy atom. The molecule has 3 N–H and O–H groups in total. The second kappa shape index (κ2) is 8.33. The number of halogens is 4. The Kier molecular flexibility index (Phi) is 5.74. The second-order valence-corrected chi connectivity index (χ2v) is 8.32. The van der Waals surface area contributed by atoms with Crippen LogP contribution >= 0.6 is 35.0 Å². The molecule has 0 saturated heterocycles. The summed E-state index contributed by atoms with van der Waals surface area (Å²) in [6.45, 7) is 0.125. The fourth-order valence-corrected chi connectivity index (χ4v) is 4.49. The summed E-state index contributed by atoms with van der Waals surface area (Å²) in [7, 11) is 0. The first-order valence-corrected chi connectivity index (χ1v) is 10.3. The van der Waals surface area contributed by atoms with Gasteiger partial charge in [-0.15, -0.1) is 0 Å². The van der Waals surface area contributed by atoms with Gasteiger partial charge in [-0.05, 0) is 36.4 Å². The number of pyridine rings is 1. The van der Waals surface area contributed by atoms with E-state index in [4.69, 9.17) is 28.9 Å². The molecule has 158 valence electrons. The van der Waals surface area contributed by atoms with Crippen molar-refractivity contribution in [1.82, 2.24) is 10.3 Å². The van der Waals surface area contributed by atoms with Crippen LogP contribution in [0.25, 0.3) is 0 Å². The van der Waals surface area contributed by atoms with E-state index in [1.165, 1.54) is 23.1 Å². The number of benzene rings is 2. The van der Waals surface area contributed by atoms with Crippen molar-refractivity contribution in [3.8, 4) is 0 Å². The lowest BCUT2D eigenvalue weighted by molar-refractivity contribution is 0.100. The fourth-order valence-electron chi connectivity index (χ4n) is 3.03. The molecule has 0 atom stereocenters. The van der Waals surface area contributed by atoms with Crippen LogP contribution in [0.3, 0.4) is 0 Å². The molecule has 6 nitrogen and oxygen atoms in total. The van der Waals surface area contributed by atoms with E-state index in [-0.39, 0.29) is 32.7 Å². The predicted molar refractivity (Wildman–Crippen MR) is 114 cm³/mol. The Labute approximate surface area is 189 Å². The number of primary amides is 1. The lowest BCUT2D eigenvalue weighted by atomic mass is 10.1. The first-order chi connectivity index (χ1) is 14.7. The van der Waals surface area contributed by atoms with E-state index >= 15 is 0 Å². The quantitative estimate of drug-likeness (QED) is 0.531. The van der Waals surface area contributed by atoms with Crippen molar-refractivity contribution in [3.63, 3.8) is 0 Å². The van der Waals surface area contributed by atoms with Gasteiger partial charge in [0, 0.05) is 16.5 Å². The molecule has 1 aliphatic rings. The topological polar surface area (TPSA) is 88.3 Å². The number of nitrogens with two attached hydrogens (primary N) is 1. The van der Waals surface area contributed by atoms with E-state index in [1.807, 2.05) is 0 Å². The van der Waals surface area contributed by atoms with E-state index in [2.05, 4.69) is 10.3 Å². The number of urea groups is 1. The largest absolute Gasteiger partial charge is 0.366 e. The summed E-state index contributed by atoms with van der Waals surface area (Å²) in [4.78, 5) is 30.0. The zero-order valence-corrected chi connectivity index (χ0v) is 17.8. The summed E-state index contributed by atoms with van der Waals surface area (Å²) < 4.78 is 27.1. The third-order valence-electron chi connectivity index (χ3n) is 4.41. The average Bonchev–Trinajstić information content (AvgIpc) is 2.71.